The Morgan fingerprint density at radius 2 is 1.95 bits per heavy atom. The number of carbonyl (C=O) groups is 1. The SMILES string of the molecule is CCc1nc(C(=O)OC)c(-c2cc(C)c(OC)c(OC)c2)o1. The lowest BCUT2D eigenvalue weighted by Crippen LogP contribution is -2.04. The van der Waals surface area contributed by atoms with Crippen LogP contribution in [0, 0.1) is 6.92 Å². The van der Waals surface area contributed by atoms with Crippen LogP contribution in [0.25, 0.3) is 11.3 Å². The summed E-state index contributed by atoms with van der Waals surface area (Å²) in [5, 5.41) is 0. The van der Waals surface area contributed by atoms with Crippen LogP contribution in [-0.2, 0) is 11.2 Å². The van der Waals surface area contributed by atoms with E-state index in [0.29, 0.717) is 35.1 Å². The van der Waals surface area contributed by atoms with Gasteiger partial charge in [0.25, 0.3) is 0 Å². The minimum absolute atomic E-state index is 0.158. The summed E-state index contributed by atoms with van der Waals surface area (Å²) >= 11 is 0. The highest BCUT2D eigenvalue weighted by Gasteiger charge is 2.23. The summed E-state index contributed by atoms with van der Waals surface area (Å²) in [4.78, 5) is 16.1. The molecule has 0 radical (unpaired) electrons. The van der Waals surface area contributed by atoms with Crippen molar-refractivity contribution in [1.82, 2.24) is 4.98 Å². The molecule has 0 aliphatic heterocycles. The second-order valence-corrected chi connectivity index (χ2v) is 4.66. The Hall–Kier alpha value is -2.50. The van der Waals surface area contributed by atoms with E-state index in [1.54, 1.807) is 20.3 Å². The van der Waals surface area contributed by atoms with Crippen LogP contribution < -0.4 is 9.47 Å². The number of benzene rings is 1. The van der Waals surface area contributed by atoms with Gasteiger partial charge in [-0.25, -0.2) is 9.78 Å². The largest absolute Gasteiger partial charge is 0.493 e. The lowest BCUT2D eigenvalue weighted by atomic mass is 10.1. The monoisotopic (exact) mass is 305 g/mol. The maximum atomic E-state index is 11.9. The van der Waals surface area contributed by atoms with Gasteiger partial charge in [-0.15, -0.1) is 0 Å². The standard InChI is InChI=1S/C16H19NO5/c1-6-12-17-13(16(18)21-5)15(22-12)10-7-9(2)14(20-4)11(8-10)19-3/h7-8H,6H2,1-5H3. The maximum absolute atomic E-state index is 11.9. The summed E-state index contributed by atoms with van der Waals surface area (Å²) in [7, 11) is 4.44. The molecule has 0 saturated heterocycles. The van der Waals surface area contributed by atoms with E-state index in [9.17, 15) is 4.79 Å². The van der Waals surface area contributed by atoms with Crippen LogP contribution in [0.15, 0.2) is 16.5 Å². The topological polar surface area (TPSA) is 70.8 Å². The number of rotatable bonds is 5. The molecule has 0 bridgehead atoms. The molecule has 0 aliphatic carbocycles. The first-order chi connectivity index (χ1) is 10.5. The van der Waals surface area contributed by atoms with Gasteiger partial charge in [0.15, 0.2) is 28.8 Å². The van der Waals surface area contributed by atoms with E-state index >= 15 is 0 Å². The Morgan fingerprint density at radius 1 is 1.23 bits per heavy atom. The molecule has 0 spiro atoms. The van der Waals surface area contributed by atoms with E-state index in [-0.39, 0.29) is 5.69 Å². The first-order valence-electron chi connectivity index (χ1n) is 6.86. The van der Waals surface area contributed by atoms with Gasteiger partial charge in [0, 0.05) is 12.0 Å². The average molecular weight is 305 g/mol. The Morgan fingerprint density at radius 3 is 2.50 bits per heavy atom. The van der Waals surface area contributed by atoms with Crippen LogP contribution in [0.2, 0.25) is 0 Å². The molecule has 6 nitrogen and oxygen atoms in total. The summed E-state index contributed by atoms with van der Waals surface area (Å²) in [6.07, 6.45) is 0.580. The molecule has 2 rings (SSSR count). The lowest BCUT2D eigenvalue weighted by Gasteiger charge is -2.12. The average Bonchev–Trinajstić information content (AvgIpc) is 2.97. The second kappa shape index (κ2) is 6.51. The van der Waals surface area contributed by atoms with Crippen molar-refractivity contribution in [2.24, 2.45) is 0 Å². The number of aromatic nitrogens is 1. The van der Waals surface area contributed by atoms with Crippen molar-refractivity contribution in [3.8, 4) is 22.8 Å². The first kappa shape index (κ1) is 15.9. The Bertz CT molecular complexity index is 690. The van der Waals surface area contributed by atoms with E-state index in [2.05, 4.69) is 4.98 Å². The number of hydrogen-bond acceptors (Lipinski definition) is 6. The van der Waals surface area contributed by atoms with E-state index < -0.39 is 5.97 Å². The van der Waals surface area contributed by atoms with Crippen LogP contribution in [0.5, 0.6) is 11.5 Å². The fourth-order valence-corrected chi connectivity index (χ4v) is 2.23. The number of nitrogens with zero attached hydrogens (tertiary/aromatic N) is 1. The highest BCUT2D eigenvalue weighted by Crippen LogP contribution is 2.37. The number of methoxy groups -OCH3 is 3. The number of esters is 1. The van der Waals surface area contributed by atoms with Gasteiger partial charge in [0.1, 0.15) is 0 Å². The quantitative estimate of drug-likeness (QED) is 0.791. The van der Waals surface area contributed by atoms with Crippen molar-refractivity contribution >= 4 is 5.97 Å². The summed E-state index contributed by atoms with van der Waals surface area (Å²) in [5.74, 6) is 1.50. The van der Waals surface area contributed by atoms with Gasteiger partial charge in [-0.05, 0) is 24.6 Å². The number of hydrogen-bond donors (Lipinski definition) is 0. The van der Waals surface area contributed by atoms with Gasteiger partial charge >= 0.3 is 5.97 Å². The number of aryl methyl sites for hydroxylation is 2. The smallest absolute Gasteiger partial charge is 0.360 e. The highest BCUT2D eigenvalue weighted by molar-refractivity contribution is 5.94. The molecule has 22 heavy (non-hydrogen) atoms. The summed E-state index contributed by atoms with van der Waals surface area (Å²) in [6.45, 7) is 3.79. The molecule has 118 valence electrons. The summed E-state index contributed by atoms with van der Waals surface area (Å²) < 4.78 is 21.1. The third-order valence-electron chi connectivity index (χ3n) is 3.28. The van der Waals surface area contributed by atoms with Gasteiger partial charge in [0.2, 0.25) is 0 Å². The van der Waals surface area contributed by atoms with Gasteiger partial charge in [-0.1, -0.05) is 6.92 Å². The predicted molar refractivity (Wildman–Crippen MR) is 80.5 cm³/mol. The minimum atomic E-state index is -0.536. The highest BCUT2D eigenvalue weighted by atomic mass is 16.5. The minimum Gasteiger partial charge on any atom is -0.493 e. The first-order valence-corrected chi connectivity index (χ1v) is 6.86. The summed E-state index contributed by atoms with van der Waals surface area (Å²) in [5.41, 5.74) is 1.70. The zero-order chi connectivity index (χ0) is 16.3. The molecule has 1 aromatic heterocycles. The molecule has 2 aromatic rings. The maximum Gasteiger partial charge on any atom is 0.360 e. The Kier molecular flexibility index (Phi) is 4.70. The van der Waals surface area contributed by atoms with E-state index in [1.165, 1.54) is 7.11 Å². The van der Waals surface area contributed by atoms with Crippen LogP contribution in [-0.4, -0.2) is 32.3 Å². The molecule has 0 unspecified atom stereocenters. The van der Waals surface area contributed by atoms with Crippen LogP contribution in [0.1, 0.15) is 28.9 Å². The third-order valence-corrected chi connectivity index (χ3v) is 3.28. The predicted octanol–water partition coefficient (Wildman–Crippen LogP) is 3.02. The molecule has 0 aliphatic rings. The summed E-state index contributed by atoms with van der Waals surface area (Å²) in [6, 6.07) is 3.60. The van der Waals surface area contributed by atoms with Crippen LogP contribution in [0.4, 0.5) is 0 Å². The Labute approximate surface area is 129 Å². The molecule has 0 N–H and O–H groups in total. The van der Waals surface area contributed by atoms with E-state index in [4.69, 9.17) is 18.6 Å². The molecular formula is C16H19NO5. The van der Waals surface area contributed by atoms with Crippen molar-refractivity contribution in [2.75, 3.05) is 21.3 Å². The molecule has 0 saturated carbocycles. The van der Waals surface area contributed by atoms with Crippen molar-refractivity contribution in [3.05, 3.63) is 29.3 Å². The molecule has 0 amide bonds. The van der Waals surface area contributed by atoms with E-state index in [1.807, 2.05) is 19.9 Å². The van der Waals surface area contributed by atoms with Crippen LogP contribution >= 0.6 is 0 Å². The molecule has 1 heterocycles. The number of oxazole rings is 1. The fraction of sp³-hybridized carbons (Fsp3) is 0.375. The second-order valence-electron chi connectivity index (χ2n) is 4.66. The molecular weight excluding hydrogens is 286 g/mol. The lowest BCUT2D eigenvalue weighted by molar-refractivity contribution is 0.0595. The number of ether oxygens (including phenoxy) is 3. The zero-order valence-corrected chi connectivity index (χ0v) is 13.4. The normalized spacial score (nSPS) is 10.4. The molecule has 0 atom stereocenters. The third kappa shape index (κ3) is 2.77. The van der Waals surface area contributed by atoms with Gasteiger partial charge < -0.3 is 18.6 Å². The van der Waals surface area contributed by atoms with Crippen molar-refractivity contribution < 1.29 is 23.4 Å². The molecule has 1 aromatic carbocycles. The Balaban J connectivity index is 2.63. The van der Waals surface area contributed by atoms with Crippen molar-refractivity contribution in [2.45, 2.75) is 20.3 Å². The van der Waals surface area contributed by atoms with Gasteiger partial charge in [-0.3, -0.25) is 0 Å². The van der Waals surface area contributed by atoms with Crippen molar-refractivity contribution in [3.63, 3.8) is 0 Å². The van der Waals surface area contributed by atoms with Crippen molar-refractivity contribution in [1.29, 1.82) is 0 Å². The number of carbonyl (C=O) groups excluding carboxylic acids is 1. The van der Waals surface area contributed by atoms with Gasteiger partial charge in [0.05, 0.1) is 21.3 Å². The van der Waals surface area contributed by atoms with E-state index in [0.717, 1.165) is 5.56 Å². The van der Waals surface area contributed by atoms with Crippen LogP contribution in [0.3, 0.4) is 0 Å². The zero-order valence-electron chi connectivity index (χ0n) is 13.4. The fourth-order valence-electron chi connectivity index (χ4n) is 2.23. The molecule has 6 heteroatoms. The van der Waals surface area contributed by atoms with Gasteiger partial charge in [-0.2, -0.15) is 0 Å². The molecule has 0 fully saturated rings.